The van der Waals surface area contributed by atoms with Crippen molar-refractivity contribution in [2.75, 3.05) is 0 Å². The Morgan fingerprint density at radius 2 is 1.89 bits per heavy atom. The van der Waals surface area contributed by atoms with Crippen molar-refractivity contribution in [2.45, 2.75) is 96.5 Å². The number of halogens is 2. The normalized spacial score (nSPS) is 24.2. The van der Waals surface area contributed by atoms with Gasteiger partial charge in [-0.3, -0.25) is 4.79 Å². The van der Waals surface area contributed by atoms with Crippen LogP contribution >= 0.6 is 0 Å². The molecule has 0 amide bonds. The van der Waals surface area contributed by atoms with E-state index in [4.69, 9.17) is 5.11 Å². The van der Waals surface area contributed by atoms with Crippen LogP contribution in [0.1, 0.15) is 84.0 Å². The Balaban J connectivity index is 2.57. The average molecular weight is 388 g/mol. The van der Waals surface area contributed by atoms with Crippen LogP contribution in [0.2, 0.25) is 0 Å². The zero-order chi connectivity index (χ0) is 20.3. The van der Waals surface area contributed by atoms with Crippen LogP contribution in [0.4, 0.5) is 8.78 Å². The van der Waals surface area contributed by atoms with E-state index in [1.54, 1.807) is 12.2 Å². The number of carbonyl (C=O) groups is 2. The van der Waals surface area contributed by atoms with Gasteiger partial charge in [-0.15, -0.1) is 0 Å². The lowest BCUT2D eigenvalue weighted by Gasteiger charge is -2.33. The zero-order valence-electron chi connectivity index (χ0n) is 16.3. The molecule has 2 N–H and O–H groups in total. The molecule has 0 aromatic carbocycles. The van der Waals surface area contributed by atoms with E-state index < -0.39 is 29.8 Å². The van der Waals surface area contributed by atoms with Gasteiger partial charge in [0.25, 0.3) is 0 Å². The fraction of sp³-hybridized carbons (Fsp3) is 0.810. The molecule has 6 heteroatoms. The maximum Gasteiger partial charge on any atom is 0.332 e. The van der Waals surface area contributed by atoms with Crippen LogP contribution in [0.15, 0.2) is 12.2 Å². The number of rotatable bonds is 14. The summed E-state index contributed by atoms with van der Waals surface area (Å²) >= 11 is 0. The molecule has 1 aliphatic rings. The molecule has 3 atom stereocenters. The van der Waals surface area contributed by atoms with Crippen molar-refractivity contribution < 1.29 is 28.6 Å². The van der Waals surface area contributed by atoms with Crippen molar-refractivity contribution >= 4 is 11.8 Å². The quantitative estimate of drug-likeness (QED) is 0.319. The van der Waals surface area contributed by atoms with Gasteiger partial charge in [-0.2, -0.15) is 0 Å². The first-order valence-corrected chi connectivity index (χ1v) is 10.2. The number of Topliss-reactive ketones (excluding diaryl/α,β-unsaturated/α-hetero) is 1. The summed E-state index contributed by atoms with van der Waals surface area (Å²) < 4.78 is 27.9. The van der Waals surface area contributed by atoms with E-state index in [0.717, 1.165) is 32.1 Å². The van der Waals surface area contributed by atoms with Crippen molar-refractivity contribution in [3.8, 4) is 0 Å². The van der Waals surface area contributed by atoms with Gasteiger partial charge in [0, 0.05) is 17.8 Å². The smallest absolute Gasteiger partial charge is 0.332 e. The molecule has 1 unspecified atom stereocenters. The van der Waals surface area contributed by atoms with Gasteiger partial charge in [0.15, 0.2) is 6.10 Å². The van der Waals surface area contributed by atoms with E-state index in [1.807, 2.05) is 0 Å². The summed E-state index contributed by atoms with van der Waals surface area (Å²) in [4.78, 5) is 22.8. The SMILES string of the molecule is CCCCCCCC[C@]1(C(F)F)CCC(=O)[C@@H]1CC=CCCC(O)C(=O)O. The van der Waals surface area contributed by atoms with Crippen molar-refractivity contribution in [3.63, 3.8) is 0 Å². The molecule has 1 fully saturated rings. The minimum absolute atomic E-state index is 0.0716. The number of aliphatic hydroxyl groups excluding tert-OH is 1. The number of ketones is 1. The van der Waals surface area contributed by atoms with E-state index in [1.165, 1.54) is 6.42 Å². The third-order valence-corrected chi connectivity index (χ3v) is 5.78. The highest BCUT2D eigenvalue weighted by Crippen LogP contribution is 2.51. The van der Waals surface area contributed by atoms with Gasteiger partial charge in [0.2, 0.25) is 6.43 Å². The summed E-state index contributed by atoms with van der Waals surface area (Å²) in [6, 6.07) is 0. The van der Waals surface area contributed by atoms with Gasteiger partial charge < -0.3 is 10.2 Å². The second-order valence-electron chi connectivity index (χ2n) is 7.71. The molecule has 156 valence electrons. The van der Waals surface area contributed by atoms with Crippen LogP contribution in [-0.4, -0.2) is 34.5 Å². The van der Waals surface area contributed by atoms with E-state index in [0.29, 0.717) is 12.8 Å². The largest absolute Gasteiger partial charge is 0.479 e. The fourth-order valence-corrected chi connectivity index (χ4v) is 4.02. The third-order valence-electron chi connectivity index (χ3n) is 5.78. The molecule has 0 saturated heterocycles. The number of aliphatic hydroxyl groups is 1. The summed E-state index contributed by atoms with van der Waals surface area (Å²) in [6.45, 7) is 2.14. The Morgan fingerprint density at radius 1 is 1.22 bits per heavy atom. The first-order valence-electron chi connectivity index (χ1n) is 10.2. The number of hydrogen-bond acceptors (Lipinski definition) is 3. The standard InChI is InChI=1S/C21H34F2O4/c1-2-3-4-5-6-10-14-21(20(22)23)15-13-17(24)16(21)11-8-7-9-12-18(25)19(26)27/h7-8,16,18,20,25H,2-6,9-15H2,1H3,(H,26,27)/t16-,18?,21-/m0/s1. The molecule has 1 rings (SSSR count). The third kappa shape index (κ3) is 7.32. The highest BCUT2D eigenvalue weighted by Gasteiger charge is 2.52. The van der Waals surface area contributed by atoms with Crippen LogP contribution in [0.25, 0.3) is 0 Å². The highest BCUT2D eigenvalue weighted by molar-refractivity contribution is 5.84. The lowest BCUT2D eigenvalue weighted by molar-refractivity contribution is -0.146. The molecule has 0 heterocycles. The molecule has 0 aromatic heterocycles. The van der Waals surface area contributed by atoms with Crippen molar-refractivity contribution in [3.05, 3.63) is 12.2 Å². The maximum absolute atomic E-state index is 13.9. The lowest BCUT2D eigenvalue weighted by Crippen LogP contribution is -2.35. The van der Waals surface area contributed by atoms with Crippen LogP contribution < -0.4 is 0 Å². The lowest BCUT2D eigenvalue weighted by atomic mass is 9.72. The van der Waals surface area contributed by atoms with E-state index >= 15 is 0 Å². The molecule has 27 heavy (non-hydrogen) atoms. The summed E-state index contributed by atoms with van der Waals surface area (Å²) in [5.74, 6) is -2.02. The van der Waals surface area contributed by atoms with Crippen LogP contribution in [0, 0.1) is 11.3 Å². The van der Waals surface area contributed by atoms with Crippen molar-refractivity contribution in [1.82, 2.24) is 0 Å². The Kier molecular flexibility index (Phi) is 10.7. The number of carboxylic acids is 1. The number of carboxylic acid groups (broad SMARTS) is 1. The Morgan fingerprint density at radius 3 is 2.52 bits per heavy atom. The van der Waals surface area contributed by atoms with Crippen molar-refractivity contribution in [2.24, 2.45) is 11.3 Å². The molecular formula is C21H34F2O4. The summed E-state index contributed by atoms with van der Waals surface area (Å²) in [5, 5.41) is 17.8. The first kappa shape index (κ1) is 23.7. The fourth-order valence-electron chi connectivity index (χ4n) is 4.02. The molecule has 1 saturated carbocycles. The number of aliphatic carboxylic acids is 1. The van der Waals surface area contributed by atoms with Crippen LogP contribution in [0.5, 0.6) is 0 Å². The van der Waals surface area contributed by atoms with E-state index in [-0.39, 0.29) is 31.5 Å². The number of unbranched alkanes of at least 4 members (excludes halogenated alkanes) is 5. The average Bonchev–Trinajstić information content (AvgIpc) is 2.94. The molecule has 0 aliphatic heterocycles. The van der Waals surface area contributed by atoms with E-state index in [9.17, 15) is 23.5 Å². The van der Waals surface area contributed by atoms with Gasteiger partial charge in [-0.25, -0.2) is 13.6 Å². The summed E-state index contributed by atoms with van der Waals surface area (Å²) in [6.07, 6.45) is 7.15. The van der Waals surface area contributed by atoms with Gasteiger partial charge in [-0.05, 0) is 32.1 Å². The Bertz CT molecular complexity index is 493. The molecular weight excluding hydrogens is 354 g/mol. The minimum Gasteiger partial charge on any atom is -0.479 e. The number of allylic oxidation sites excluding steroid dienone is 2. The summed E-state index contributed by atoms with van der Waals surface area (Å²) in [7, 11) is 0. The molecule has 0 aromatic rings. The summed E-state index contributed by atoms with van der Waals surface area (Å²) in [5.41, 5.74) is -1.22. The topological polar surface area (TPSA) is 74.6 Å². The number of alkyl halides is 2. The maximum atomic E-state index is 13.9. The van der Waals surface area contributed by atoms with Gasteiger partial charge in [0.05, 0.1) is 0 Å². The number of hydrogen-bond donors (Lipinski definition) is 2. The van der Waals surface area contributed by atoms with Crippen LogP contribution in [-0.2, 0) is 9.59 Å². The molecule has 0 spiro atoms. The number of carbonyl (C=O) groups excluding carboxylic acids is 1. The van der Waals surface area contributed by atoms with Crippen molar-refractivity contribution in [1.29, 1.82) is 0 Å². The predicted octanol–water partition coefficient (Wildman–Crippen LogP) is 5.14. The molecule has 0 bridgehead atoms. The van der Waals surface area contributed by atoms with Gasteiger partial charge >= 0.3 is 5.97 Å². The molecule has 0 radical (unpaired) electrons. The van der Waals surface area contributed by atoms with Gasteiger partial charge in [-0.1, -0.05) is 57.6 Å². The second kappa shape index (κ2) is 12.2. The van der Waals surface area contributed by atoms with E-state index in [2.05, 4.69) is 6.92 Å². The Labute approximate surface area is 161 Å². The molecule has 1 aliphatic carbocycles. The molecule has 4 nitrogen and oxygen atoms in total. The highest BCUT2D eigenvalue weighted by atomic mass is 19.3. The van der Waals surface area contributed by atoms with Crippen LogP contribution in [0.3, 0.4) is 0 Å². The first-order chi connectivity index (χ1) is 12.8. The minimum atomic E-state index is -2.51. The Hall–Kier alpha value is -1.30. The van der Waals surface area contributed by atoms with Gasteiger partial charge in [0.1, 0.15) is 5.78 Å². The predicted molar refractivity (Wildman–Crippen MR) is 101 cm³/mol. The zero-order valence-corrected chi connectivity index (χ0v) is 16.3. The second-order valence-corrected chi connectivity index (χ2v) is 7.71. The monoisotopic (exact) mass is 388 g/mol.